The average Bonchev–Trinajstić information content (AvgIpc) is 3.02. The van der Waals surface area contributed by atoms with E-state index in [1.54, 1.807) is 0 Å². The van der Waals surface area contributed by atoms with Crippen LogP contribution in [0, 0.1) is 10.1 Å². The second-order valence-electron chi connectivity index (χ2n) is 4.59. The number of non-ortho nitro benzene ring substituents is 1. The van der Waals surface area contributed by atoms with Gasteiger partial charge in [-0.05, 0) is 6.07 Å². The van der Waals surface area contributed by atoms with Crippen LogP contribution in [0.2, 0.25) is 0 Å². The maximum Gasteiger partial charge on any atom is 0.271 e. The summed E-state index contributed by atoms with van der Waals surface area (Å²) in [5.41, 5.74) is 0.159. The Kier molecular flexibility index (Phi) is 3.26. The van der Waals surface area contributed by atoms with E-state index in [4.69, 9.17) is 0 Å². The number of nitrogens with zero attached hydrogens (tertiary/aromatic N) is 4. The van der Waals surface area contributed by atoms with E-state index < -0.39 is 16.9 Å². The van der Waals surface area contributed by atoms with Crippen LogP contribution in [-0.2, 0) is 9.59 Å². The summed E-state index contributed by atoms with van der Waals surface area (Å²) >= 11 is 0. The van der Waals surface area contributed by atoms with Crippen molar-refractivity contribution in [3.63, 3.8) is 0 Å². The Morgan fingerprint density at radius 3 is 3.09 bits per heavy atom. The highest BCUT2D eigenvalue weighted by atomic mass is 16.6. The Labute approximate surface area is 123 Å². The number of nitro benzene ring substituents is 1. The average molecular weight is 302 g/mol. The van der Waals surface area contributed by atoms with Crippen molar-refractivity contribution < 1.29 is 14.5 Å². The van der Waals surface area contributed by atoms with Gasteiger partial charge in [-0.2, -0.15) is 10.1 Å². The molecule has 0 saturated heterocycles. The molecule has 2 heterocycles. The van der Waals surface area contributed by atoms with E-state index in [-0.39, 0.29) is 29.7 Å². The standard InChI is InChI=1S/C12H10N6O4/c19-10(15-7-2-1-3-8(4-7)18(21)22)5-9-11(20)16-12-13-6-14-17(9)12/h1-4,6,9H,5H2,(H,15,19)(H,13,14,16,20). The number of rotatable bonds is 4. The van der Waals surface area contributed by atoms with Gasteiger partial charge in [0, 0.05) is 17.8 Å². The summed E-state index contributed by atoms with van der Waals surface area (Å²) in [6, 6.07) is 4.78. The first-order valence-electron chi connectivity index (χ1n) is 6.29. The van der Waals surface area contributed by atoms with Crippen LogP contribution in [0.15, 0.2) is 30.6 Å². The number of nitro groups is 1. The van der Waals surface area contributed by atoms with Crippen molar-refractivity contribution in [2.75, 3.05) is 10.6 Å². The van der Waals surface area contributed by atoms with E-state index in [0.29, 0.717) is 0 Å². The first-order chi connectivity index (χ1) is 10.5. The van der Waals surface area contributed by atoms with Crippen LogP contribution < -0.4 is 10.6 Å². The highest BCUT2D eigenvalue weighted by Crippen LogP contribution is 2.24. The number of carbonyl (C=O) groups is 2. The van der Waals surface area contributed by atoms with E-state index >= 15 is 0 Å². The van der Waals surface area contributed by atoms with Crippen LogP contribution in [0.3, 0.4) is 0 Å². The van der Waals surface area contributed by atoms with Crippen molar-refractivity contribution in [3.05, 3.63) is 40.7 Å². The molecule has 1 unspecified atom stereocenters. The van der Waals surface area contributed by atoms with Crippen molar-refractivity contribution in [1.29, 1.82) is 0 Å². The molecule has 0 aliphatic carbocycles. The van der Waals surface area contributed by atoms with Gasteiger partial charge in [-0.3, -0.25) is 25.0 Å². The summed E-state index contributed by atoms with van der Waals surface area (Å²) in [6.07, 6.45) is 1.13. The number of anilines is 2. The third-order valence-corrected chi connectivity index (χ3v) is 3.13. The Morgan fingerprint density at radius 2 is 2.32 bits per heavy atom. The number of fused-ring (bicyclic) bond motifs is 1. The minimum Gasteiger partial charge on any atom is -0.326 e. The monoisotopic (exact) mass is 302 g/mol. The topological polar surface area (TPSA) is 132 Å². The molecule has 3 rings (SSSR count). The molecule has 2 N–H and O–H groups in total. The second-order valence-corrected chi connectivity index (χ2v) is 4.59. The zero-order valence-electron chi connectivity index (χ0n) is 11.1. The maximum absolute atomic E-state index is 12.0. The number of nitrogens with one attached hydrogen (secondary N) is 2. The molecular weight excluding hydrogens is 292 g/mol. The molecule has 0 fully saturated rings. The normalized spacial score (nSPS) is 16.0. The minimum atomic E-state index is -0.781. The molecule has 1 aromatic heterocycles. The molecule has 0 saturated carbocycles. The molecule has 1 aliphatic rings. The molecule has 1 atom stereocenters. The van der Waals surface area contributed by atoms with Crippen LogP contribution in [-0.4, -0.2) is 31.5 Å². The number of amides is 2. The number of benzene rings is 1. The fourth-order valence-electron chi connectivity index (χ4n) is 2.14. The first-order valence-corrected chi connectivity index (χ1v) is 6.29. The predicted octanol–water partition coefficient (Wildman–Crippen LogP) is 0.708. The molecule has 10 nitrogen and oxygen atoms in total. The first kappa shape index (κ1) is 13.7. The zero-order valence-corrected chi connectivity index (χ0v) is 11.1. The highest BCUT2D eigenvalue weighted by Gasteiger charge is 2.33. The van der Waals surface area contributed by atoms with E-state index in [0.717, 1.165) is 0 Å². The van der Waals surface area contributed by atoms with Crippen molar-refractivity contribution in [2.45, 2.75) is 12.5 Å². The van der Waals surface area contributed by atoms with Crippen LogP contribution in [0.4, 0.5) is 17.3 Å². The SMILES string of the molecule is O=C(CC1C(=O)Nc2ncnn21)Nc1cccc([N+](=O)[O-])c1. The summed E-state index contributed by atoms with van der Waals surface area (Å²) in [7, 11) is 0. The zero-order chi connectivity index (χ0) is 15.7. The molecule has 0 spiro atoms. The van der Waals surface area contributed by atoms with Crippen molar-refractivity contribution in [2.24, 2.45) is 0 Å². The number of carbonyl (C=O) groups excluding carboxylic acids is 2. The summed E-state index contributed by atoms with van der Waals surface area (Å²) in [4.78, 5) is 37.7. The summed E-state index contributed by atoms with van der Waals surface area (Å²) in [5, 5.41) is 19.6. The molecule has 1 aromatic carbocycles. The molecule has 112 valence electrons. The van der Waals surface area contributed by atoms with Gasteiger partial charge in [0.1, 0.15) is 12.4 Å². The second kappa shape index (κ2) is 5.24. The lowest BCUT2D eigenvalue weighted by Gasteiger charge is -2.09. The van der Waals surface area contributed by atoms with Crippen LogP contribution in [0.25, 0.3) is 0 Å². The van der Waals surface area contributed by atoms with Gasteiger partial charge in [-0.25, -0.2) is 4.68 Å². The van der Waals surface area contributed by atoms with Gasteiger partial charge in [0.25, 0.3) is 11.6 Å². The number of aromatic nitrogens is 3. The molecule has 1 aliphatic heterocycles. The molecule has 22 heavy (non-hydrogen) atoms. The van der Waals surface area contributed by atoms with Crippen LogP contribution in [0.5, 0.6) is 0 Å². The molecular formula is C12H10N6O4. The quantitative estimate of drug-likeness (QED) is 0.631. The van der Waals surface area contributed by atoms with E-state index in [2.05, 4.69) is 20.7 Å². The van der Waals surface area contributed by atoms with Gasteiger partial charge < -0.3 is 5.32 Å². The fourth-order valence-corrected chi connectivity index (χ4v) is 2.14. The maximum atomic E-state index is 12.0. The fraction of sp³-hybridized carbons (Fsp3) is 0.167. The summed E-state index contributed by atoms with van der Waals surface area (Å²) in [6.45, 7) is 0. The van der Waals surface area contributed by atoms with E-state index in [1.165, 1.54) is 35.3 Å². The summed E-state index contributed by atoms with van der Waals surface area (Å²) in [5.74, 6) is -0.535. The van der Waals surface area contributed by atoms with Gasteiger partial charge in [-0.15, -0.1) is 0 Å². The van der Waals surface area contributed by atoms with E-state index in [9.17, 15) is 19.7 Å². The van der Waals surface area contributed by atoms with Crippen molar-refractivity contribution in [3.8, 4) is 0 Å². The molecule has 0 radical (unpaired) electrons. The Bertz CT molecular complexity index is 770. The molecule has 0 bridgehead atoms. The number of hydrogen-bond acceptors (Lipinski definition) is 6. The minimum absolute atomic E-state index is 0.130. The molecule has 10 heteroatoms. The van der Waals surface area contributed by atoms with Gasteiger partial charge in [0.15, 0.2) is 0 Å². The lowest BCUT2D eigenvalue weighted by Crippen LogP contribution is -2.23. The summed E-state index contributed by atoms with van der Waals surface area (Å²) < 4.78 is 1.33. The Morgan fingerprint density at radius 1 is 1.50 bits per heavy atom. The van der Waals surface area contributed by atoms with Crippen molar-refractivity contribution in [1.82, 2.24) is 14.8 Å². The van der Waals surface area contributed by atoms with Gasteiger partial charge >= 0.3 is 0 Å². The lowest BCUT2D eigenvalue weighted by molar-refractivity contribution is -0.384. The predicted molar refractivity (Wildman–Crippen MR) is 74.0 cm³/mol. The third kappa shape index (κ3) is 2.49. The third-order valence-electron chi connectivity index (χ3n) is 3.13. The molecule has 2 amide bonds. The van der Waals surface area contributed by atoms with Crippen LogP contribution in [0.1, 0.15) is 12.5 Å². The van der Waals surface area contributed by atoms with Gasteiger partial charge in [-0.1, -0.05) is 6.07 Å². The largest absolute Gasteiger partial charge is 0.326 e. The lowest BCUT2D eigenvalue weighted by atomic mass is 10.2. The van der Waals surface area contributed by atoms with Crippen LogP contribution >= 0.6 is 0 Å². The smallest absolute Gasteiger partial charge is 0.271 e. The van der Waals surface area contributed by atoms with E-state index in [1.807, 2.05) is 0 Å². The van der Waals surface area contributed by atoms with Gasteiger partial charge in [0.05, 0.1) is 11.3 Å². The number of hydrogen-bond donors (Lipinski definition) is 2. The highest BCUT2D eigenvalue weighted by molar-refractivity contribution is 6.00. The molecule has 2 aromatic rings. The van der Waals surface area contributed by atoms with Crippen molar-refractivity contribution >= 4 is 29.1 Å². The Hall–Kier alpha value is -3.30. The van der Waals surface area contributed by atoms with Gasteiger partial charge in [0.2, 0.25) is 11.9 Å². The Balaban J connectivity index is 1.70.